The molecule has 1 aliphatic rings. The third-order valence-corrected chi connectivity index (χ3v) is 3.87. The molecule has 0 aliphatic carbocycles. The third kappa shape index (κ3) is 2.65. The first kappa shape index (κ1) is 14.1. The van der Waals surface area contributed by atoms with Crippen molar-refractivity contribution < 1.29 is 4.39 Å². The van der Waals surface area contributed by atoms with Crippen molar-refractivity contribution in [2.45, 2.75) is 19.8 Å². The van der Waals surface area contributed by atoms with E-state index < -0.39 is 0 Å². The highest BCUT2D eigenvalue weighted by molar-refractivity contribution is 5.54. The number of piperazine rings is 1. The quantitative estimate of drug-likeness (QED) is 0.942. The fourth-order valence-electron chi connectivity index (χ4n) is 2.85. The lowest BCUT2D eigenvalue weighted by molar-refractivity contribution is 0.583. The summed E-state index contributed by atoms with van der Waals surface area (Å²) in [6.45, 7) is 8.12. The summed E-state index contributed by atoms with van der Waals surface area (Å²) in [5, 5.41) is 7.81. The standard InChI is InChI=1S/C16H21FN4/c1-12(2)16-15(20-9-7-18-8-10-20)11-19-21(16)14-6-4-3-5-13(14)17/h3-6,11-12,18H,7-10H2,1-2H3. The van der Waals surface area contributed by atoms with Crippen molar-refractivity contribution in [3.8, 4) is 5.69 Å². The van der Waals surface area contributed by atoms with Crippen molar-refractivity contribution >= 4 is 5.69 Å². The van der Waals surface area contributed by atoms with Gasteiger partial charge in [0.2, 0.25) is 0 Å². The lowest BCUT2D eigenvalue weighted by atomic mass is 10.1. The molecule has 4 nitrogen and oxygen atoms in total. The van der Waals surface area contributed by atoms with Gasteiger partial charge < -0.3 is 10.2 Å². The van der Waals surface area contributed by atoms with Crippen LogP contribution in [0.3, 0.4) is 0 Å². The number of anilines is 1. The zero-order valence-corrected chi connectivity index (χ0v) is 12.5. The minimum absolute atomic E-state index is 0.241. The Bertz CT molecular complexity index is 614. The summed E-state index contributed by atoms with van der Waals surface area (Å²) in [4.78, 5) is 2.33. The first-order chi connectivity index (χ1) is 10.2. The van der Waals surface area contributed by atoms with Gasteiger partial charge in [-0.1, -0.05) is 26.0 Å². The van der Waals surface area contributed by atoms with E-state index in [0.29, 0.717) is 5.69 Å². The molecule has 1 N–H and O–H groups in total. The predicted molar refractivity (Wildman–Crippen MR) is 82.7 cm³/mol. The summed E-state index contributed by atoms with van der Waals surface area (Å²) in [5.41, 5.74) is 2.71. The van der Waals surface area contributed by atoms with Gasteiger partial charge >= 0.3 is 0 Å². The van der Waals surface area contributed by atoms with Crippen molar-refractivity contribution in [2.24, 2.45) is 0 Å². The number of hydrogen-bond acceptors (Lipinski definition) is 3. The van der Waals surface area contributed by atoms with E-state index in [-0.39, 0.29) is 11.7 Å². The highest BCUT2D eigenvalue weighted by atomic mass is 19.1. The van der Waals surface area contributed by atoms with E-state index >= 15 is 0 Å². The first-order valence-corrected chi connectivity index (χ1v) is 7.47. The summed E-state index contributed by atoms with van der Waals surface area (Å²) >= 11 is 0. The molecular formula is C16H21FN4. The SMILES string of the molecule is CC(C)c1c(N2CCNCC2)cnn1-c1ccccc1F. The van der Waals surface area contributed by atoms with Crippen LogP contribution in [0.25, 0.3) is 5.69 Å². The lowest BCUT2D eigenvalue weighted by Gasteiger charge is -2.30. The van der Waals surface area contributed by atoms with Gasteiger partial charge in [-0.15, -0.1) is 0 Å². The van der Waals surface area contributed by atoms with Gasteiger partial charge in [0.15, 0.2) is 0 Å². The molecule has 0 radical (unpaired) electrons. The summed E-state index contributed by atoms with van der Waals surface area (Å²) in [6, 6.07) is 6.80. The van der Waals surface area contributed by atoms with Crippen molar-refractivity contribution in [3.63, 3.8) is 0 Å². The first-order valence-electron chi connectivity index (χ1n) is 7.47. The predicted octanol–water partition coefficient (Wildman–Crippen LogP) is 2.54. The molecule has 5 heteroatoms. The second-order valence-corrected chi connectivity index (χ2v) is 5.67. The van der Waals surface area contributed by atoms with E-state index in [1.807, 2.05) is 12.3 Å². The van der Waals surface area contributed by atoms with Crippen LogP contribution in [-0.4, -0.2) is 36.0 Å². The van der Waals surface area contributed by atoms with E-state index in [4.69, 9.17) is 0 Å². The van der Waals surface area contributed by atoms with Crippen LogP contribution in [0, 0.1) is 5.82 Å². The molecule has 0 atom stereocenters. The van der Waals surface area contributed by atoms with Crippen molar-refractivity contribution in [3.05, 3.63) is 42.0 Å². The van der Waals surface area contributed by atoms with Gasteiger partial charge in [0.25, 0.3) is 0 Å². The van der Waals surface area contributed by atoms with Crippen molar-refractivity contribution in [1.82, 2.24) is 15.1 Å². The van der Waals surface area contributed by atoms with Gasteiger partial charge in [-0.3, -0.25) is 0 Å². The molecule has 1 fully saturated rings. The molecule has 1 saturated heterocycles. The summed E-state index contributed by atoms with van der Waals surface area (Å²) in [6.07, 6.45) is 1.87. The maximum Gasteiger partial charge on any atom is 0.148 e. The highest BCUT2D eigenvalue weighted by Crippen LogP contribution is 2.30. The Kier molecular flexibility index (Phi) is 3.92. The van der Waals surface area contributed by atoms with Gasteiger partial charge in [-0.2, -0.15) is 5.10 Å². The van der Waals surface area contributed by atoms with E-state index in [9.17, 15) is 4.39 Å². The summed E-state index contributed by atoms with van der Waals surface area (Å²) in [7, 11) is 0. The second kappa shape index (κ2) is 5.85. The summed E-state index contributed by atoms with van der Waals surface area (Å²) < 4.78 is 15.8. The maximum atomic E-state index is 14.1. The van der Waals surface area contributed by atoms with Crippen LogP contribution in [0.4, 0.5) is 10.1 Å². The molecule has 0 unspecified atom stereocenters. The Morgan fingerprint density at radius 2 is 1.86 bits per heavy atom. The third-order valence-electron chi connectivity index (χ3n) is 3.87. The van der Waals surface area contributed by atoms with Crippen LogP contribution in [0.15, 0.2) is 30.5 Å². The Hall–Kier alpha value is -1.88. The van der Waals surface area contributed by atoms with Gasteiger partial charge in [0.1, 0.15) is 11.5 Å². The molecule has 0 bridgehead atoms. The number of nitrogens with one attached hydrogen (secondary N) is 1. The average molecular weight is 288 g/mol. The fourth-order valence-corrected chi connectivity index (χ4v) is 2.85. The lowest BCUT2D eigenvalue weighted by Crippen LogP contribution is -2.43. The number of hydrogen-bond donors (Lipinski definition) is 1. The molecule has 112 valence electrons. The number of nitrogens with zero attached hydrogens (tertiary/aromatic N) is 3. The Balaban J connectivity index is 2.06. The van der Waals surface area contributed by atoms with E-state index in [0.717, 1.165) is 37.6 Å². The minimum atomic E-state index is -0.241. The van der Waals surface area contributed by atoms with Gasteiger partial charge in [-0.25, -0.2) is 9.07 Å². The topological polar surface area (TPSA) is 33.1 Å². The average Bonchev–Trinajstić information content (AvgIpc) is 2.93. The fraction of sp³-hybridized carbons (Fsp3) is 0.438. The smallest absolute Gasteiger partial charge is 0.148 e. The van der Waals surface area contributed by atoms with E-state index in [1.54, 1.807) is 16.8 Å². The van der Waals surface area contributed by atoms with Gasteiger partial charge in [0, 0.05) is 26.2 Å². The van der Waals surface area contributed by atoms with Crippen LogP contribution in [-0.2, 0) is 0 Å². The van der Waals surface area contributed by atoms with Crippen LogP contribution in [0.1, 0.15) is 25.5 Å². The maximum absolute atomic E-state index is 14.1. The molecule has 3 rings (SSSR count). The van der Waals surface area contributed by atoms with Crippen LogP contribution in [0.2, 0.25) is 0 Å². The molecule has 2 aromatic rings. The normalized spacial score (nSPS) is 15.7. The molecule has 1 aromatic heterocycles. The Morgan fingerprint density at radius 1 is 1.14 bits per heavy atom. The zero-order chi connectivity index (χ0) is 14.8. The monoisotopic (exact) mass is 288 g/mol. The summed E-state index contributed by atoms with van der Waals surface area (Å²) in [5.74, 6) is 0.0337. The highest BCUT2D eigenvalue weighted by Gasteiger charge is 2.22. The molecule has 0 spiro atoms. The molecule has 1 aliphatic heterocycles. The number of para-hydroxylation sites is 1. The number of aromatic nitrogens is 2. The number of benzene rings is 1. The largest absolute Gasteiger partial charge is 0.366 e. The molecule has 1 aromatic carbocycles. The second-order valence-electron chi connectivity index (χ2n) is 5.67. The molecule has 0 amide bonds. The van der Waals surface area contributed by atoms with E-state index in [1.165, 1.54) is 6.07 Å². The Morgan fingerprint density at radius 3 is 2.52 bits per heavy atom. The molecule has 2 heterocycles. The number of rotatable bonds is 3. The van der Waals surface area contributed by atoms with Crippen molar-refractivity contribution in [1.29, 1.82) is 0 Å². The number of halogens is 1. The molecule has 0 saturated carbocycles. The van der Waals surface area contributed by atoms with Gasteiger partial charge in [-0.05, 0) is 18.1 Å². The van der Waals surface area contributed by atoms with Crippen LogP contribution >= 0.6 is 0 Å². The molecular weight excluding hydrogens is 267 g/mol. The van der Waals surface area contributed by atoms with Gasteiger partial charge in [0.05, 0.1) is 17.6 Å². The van der Waals surface area contributed by atoms with Crippen LogP contribution < -0.4 is 10.2 Å². The molecule has 21 heavy (non-hydrogen) atoms. The Labute approximate surface area is 124 Å². The minimum Gasteiger partial charge on any atom is -0.366 e. The van der Waals surface area contributed by atoms with Crippen LogP contribution in [0.5, 0.6) is 0 Å². The van der Waals surface area contributed by atoms with Crippen molar-refractivity contribution in [2.75, 3.05) is 31.1 Å². The van der Waals surface area contributed by atoms with E-state index in [2.05, 4.69) is 29.2 Å². The zero-order valence-electron chi connectivity index (χ0n) is 12.5.